The SMILES string of the molecule is Cc1ccc(Nc2c(C#N)ccc(F)c2C)cc1. The first-order valence-corrected chi connectivity index (χ1v) is 5.64. The van der Waals surface area contributed by atoms with Gasteiger partial charge in [-0.15, -0.1) is 0 Å². The lowest BCUT2D eigenvalue weighted by Gasteiger charge is -2.12. The molecule has 0 saturated heterocycles. The molecule has 90 valence electrons. The van der Waals surface area contributed by atoms with Crippen molar-refractivity contribution < 1.29 is 4.39 Å². The molecule has 2 nitrogen and oxygen atoms in total. The summed E-state index contributed by atoms with van der Waals surface area (Å²) >= 11 is 0. The van der Waals surface area contributed by atoms with E-state index in [1.165, 1.54) is 12.1 Å². The topological polar surface area (TPSA) is 35.8 Å². The Kier molecular flexibility index (Phi) is 3.29. The van der Waals surface area contributed by atoms with E-state index in [0.717, 1.165) is 11.3 Å². The van der Waals surface area contributed by atoms with Crippen LogP contribution < -0.4 is 5.32 Å². The fourth-order valence-corrected chi connectivity index (χ4v) is 1.72. The molecule has 0 fully saturated rings. The quantitative estimate of drug-likeness (QED) is 0.859. The number of benzene rings is 2. The number of hydrogen-bond acceptors (Lipinski definition) is 2. The van der Waals surface area contributed by atoms with Gasteiger partial charge in [-0.25, -0.2) is 4.39 Å². The summed E-state index contributed by atoms with van der Waals surface area (Å²) in [4.78, 5) is 0. The van der Waals surface area contributed by atoms with Crippen LogP contribution in [0.25, 0.3) is 0 Å². The molecule has 2 aromatic carbocycles. The number of hydrogen-bond donors (Lipinski definition) is 1. The Labute approximate surface area is 106 Å². The summed E-state index contributed by atoms with van der Waals surface area (Å²) in [5.74, 6) is -0.316. The van der Waals surface area contributed by atoms with Crippen LogP contribution in [0.2, 0.25) is 0 Å². The van der Waals surface area contributed by atoms with Crippen LogP contribution in [0.3, 0.4) is 0 Å². The molecule has 2 rings (SSSR count). The molecular formula is C15H13FN2. The number of nitrogens with one attached hydrogen (secondary N) is 1. The summed E-state index contributed by atoms with van der Waals surface area (Å²) in [6.45, 7) is 3.66. The first-order valence-electron chi connectivity index (χ1n) is 5.64. The minimum absolute atomic E-state index is 0.316. The zero-order chi connectivity index (χ0) is 13.1. The Morgan fingerprint density at radius 2 is 1.72 bits per heavy atom. The highest BCUT2D eigenvalue weighted by atomic mass is 19.1. The molecular weight excluding hydrogens is 227 g/mol. The molecule has 0 spiro atoms. The first-order chi connectivity index (χ1) is 8.61. The highest BCUT2D eigenvalue weighted by Crippen LogP contribution is 2.26. The van der Waals surface area contributed by atoms with E-state index in [4.69, 9.17) is 5.26 Å². The maximum Gasteiger partial charge on any atom is 0.128 e. The van der Waals surface area contributed by atoms with E-state index in [1.54, 1.807) is 6.92 Å². The average Bonchev–Trinajstić information content (AvgIpc) is 2.38. The maximum atomic E-state index is 13.5. The fourth-order valence-electron chi connectivity index (χ4n) is 1.72. The second-order valence-corrected chi connectivity index (χ2v) is 4.20. The third-order valence-electron chi connectivity index (χ3n) is 2.84. The van der Waals surface area contributed by atoms with Crippen LogP contribution in [-0.2, 0) is 0 Å². The number of rotatable bonds is 2. The molecule has 0 aliphatic rings. The van der Waals surface area contributed by atoms with E-state index in [0.29, 0.717) is 16.8 Å². The van der Waals surface area contributed by atoms with Gasteiger partial charge in [-0.3, -0.25) is 0 Å². The van der Waals surface area contributed by atoms with Gasteiger partial charge in [0.15, 0.2) is 0 Å². The molecule has 0 atom stereocenters. The van der Waals surface area contributed by atoms with Crippen molar-refractivity contribution in [2.45, 2.75) is 13.8 Å². The van der Waals surface area contributed by atoms with Gasteiger partial charge in [-0.2, -0.15) is 5.26 Å². The number of anilines is 2. The molecule has 0 bridgehead atoms. The van der Waals surface area contributed by atoms with Gasteiger partial charge in [-0.1, -0.05) is 17.7 Å². The molecule has 18 heavy (non-hydrogen) atoms. The van der Waals surface area contributed by atoms with Crippen LogP contribution in [0.5, 0.6) is 0 Å². The minimum Gasteiger partial charge on any atom is -0.354 e. The molecule has 0 aromatic heterocycles. The number of nitrogens with zero attached hydrogens (tertiary/aromatic N) is 1. The van der Waals surface area contributed by atoms with E-state index < -0.39 is 0 Å². The minimum atomic E-state index is -0.316. The van der Waals surface area contributed by atoms with Crippen molar-refractivity contribution in [2.24, 2.45) is 0 Å². The van der Waals surface area contributed by atoms with Gasteiger partial charge in [-0.05, 0) is 38.1 Å². The monoisotopic (exact) mass is 240 g/mol. The molecule has 0 aliphatic carbocycles. The average molecular weight is 240 g/mol. The van der Waals surface area contributed by atoms with Gasteiger partial charge in [0.2, 0.25) is 0 Å². The van der Waals surface area contributed by atoms with Gasteiger partial charge in [0.25, 0.3) is 0 Å². The Balaban J connectivity index is 2.42. The Morgan fingerprint density at radius 1 is 1.06 bits per heavy atom. The van der Waals surface area contributed by atoms with Crippen LogP contribution in [0.4, 0.5) is 15.8 Å². The predicted octanol–water partition coefficient (Wildman–Crippen LogP) is 4.06. The van der Waals surface area contributed by atoms with Gasteiger partial charge in [0, 0.05) is 11.3 Å². The van der Waals surface area contributed by atoms with Crippen molar-refractivity contribution in [3.8, 4) is 6.07 Å². The van der Waals surface area contributed by atoms with Crippen LogP contribution in [0, 0.1) is 31.0 Å². The Hall–Kier alpha value is -2.34. The summed E-state index contributed by atoms with van der Waals surface area (Å²) in [6.07, 6.45) is 0. The molecule has 0 unspecified atom stereocenters. The first kappa shape index (κ1) is 12.1. The zero-order valence-corrected chi connectivity index (χ0v) is 10.3. The van der Waals surface area contributed by atoms with Crippen LogP contribution in [0.15, 0.2) is 36.4 Å². The van der Waals surface area contributed by atoms with Crippen LogP contribution in [0.1, 0.15) is 16.7 Å². The lowest BCUT2D eigenvalue weighted by Crippen LogP contribution is -1.98. The van der Waals surface area contributed by atoms with Crippen molar-refractivity contribution in [1.82, 2.24) is 0 Å². The summed E-state index contributed by atoms with van der Waals surface area (Å²) < 4.78 is 13.5. The molecule has 0 amide bonds. The summed E-state index contributed by atoms with van der Waals surface area (Å²) in [5.41, 5.74) is 3.41. The predicted molar refractivity (Wildman–Crippen MR) is 70.3 cm³/mol. The smallest absolute Gasteiger partial charge is 0.128 e. The third-order valence-corrected chi connectivity index (χ3v) is 2.84. The molecule has 3 heteroatoms. The summed E-state index contributed by atoms with van der Waals surface area (Å²) in [6, 6.07) is 12.6. The number of halogens is 1. The van der Waals surface area contributed by atoms with E-state index in [2.05, 4.69) is 11.4 Å². The number of aryl methyl sites for hydroxylation is 1. The lowest BCUT2D eigenvalue weighted by molar-refractivity contribution is 0.619. The summed E-state index contributed by atoms with van der Waals surface area (Å²) in [5, 5.41) is 12.1. The molecule has 0 saturated carbocycles. The maximum absolute atomic E-state index is 13.5. The normalized spacial score (nSPS) is 9.89. The van der Waals surface area contributed by atoms with E-state index in [-0.39, 0.29) is 5.82 Å². The van der Waals surface area contributed by atoms with Crippen molar-refractivity contribution >= 4 is 11.4 Å². The molecule has 1 N–H and O–H groups in total. The van der Waals surface area contributed by atoms with Crippen LogP contribution in [-0.4, -0.2) is 0 Å². The van der Waals surface area contributed by atoms with Gasteiger partial charge < -0.3 is 5.32 Å². The molecule has 2 aromatic rings. The highest BCUT2D eigenvalue weighted by molar-refractivity contribution is 5.70. The second kappa shape index (κ2) is 4.89. The largest absolute Gasteiger partial charge is 0.354 e. The van der Waals surface area contributed by atoms with Gasteiger partial charge >= 0.3 is 0 Å². The zero-order valence-electron chi connectivity index (χ0n) is 10.3. The third kappa shape index (κ3) is 2.33. The van der Waals surface area contributed by atoms with Crippen molar-refractivity contribution in [3.63, 3.8) is 0 Å². The second-order valence-electron chi connectivity index (χ2n) is 4.20. The van der Waals surface area contributed by atoms with Crippen molar-refractivity contribution in [3.05, 3.63) is 58.9 Å². The highest BCUT2D eigenvalue weighted by Gasteiger charge is 2.09. The summed E-state index contributed by atoms with van der Waals surface area (Å²) in [7, 11) is 0. The lowest BCUT2D eigenvalue weighted by atomic mass is 10.1. The fraction of sp³-hybridized carbons (Fsp3) is 0.133. The Morgan fingerprint density at radius 3 is 2.33 bits per heavy atom. The standard InChI is InChI=1S/C15H13FN2/c1-10-3-6-13(7-4-10)18-15-11(2)14(16)8-5-12(15)9-17/h3-8,18H,1-2H3. The van der Waals surface area contributed by atoms with Gasteiger partial charge in [0.1, 0.15) is 11.9 Å². The molecule has 0 heterocycles. The number of nitriles is 1. The van der Waals surface area contributed by atoms with E-state index in [9.17, 15) is 4.39 Å². The molecule has 0 aliphatic heterocycles. The van der Waals surface area contributed by atoms with Crippen molar-refractivity contribution in [1.29, 1.82) is 5.26 Å². The van der Waals surface area contributed by atoms with Crippen LogP contribution >= 0.6 is 0 Å². The van der Waals surface area contributed by atoms with E-state index in [1.807, 2.05) is 31.2 Å². The Bertz CT molecular complexity index is 610. The van der Waals surface area contributed by atoms with E-state index >= 15 is 0 Å². The van der Waals surface area contributed by atoms with Gasteiger partial charge in [0.05, 0.1) is 11.3 Å². The van der Waals surface area contributed by atoms with Crippen molar-refractivity contribution in [2.75, 3.05) is 5.32 Å². The molecule has 0 radical (unpaired) electrons.